The third kappa shape index (κ3) is 3.73. The van der Waals surface area contributed by atoms with E-state index in [1.54, 1.807) is 7.11 Å². The SMILES string of the molecule is CCc1ccc(C(=O)N/N=C(/C)c2ccccc2OC)cc1. The fraction of sp³-hybridized carbons (Fsp3) is 0.222. The maximum absolute atomic E-state index is 12.1. The average Bonchev–Trinajstić information content (AvgIpc) is 2.59. The van der Waals surface area contributed by atoms with E-state index in [2.05, 4.69) is 17.5 Å². The van der Waals surface area contributed by atoms with Crippen LogP contribution in [0.15, 0.2) is 53.6 Å². The Labute approximate surface area is 130 Å². The van der Waals surface area contributed by atoms with Crippen LogP contribution in [0.4, 0.5) is 0 Å². The molecule has 0 aliphatic heterocycles. The van der Waals surface area contributed by atoms with Crippen molar-refractivity contribution in [3.05, 3.63) is 65.2 Å². The van der Waals surface area contributed by atoms with Crippen molar-refractivity contribution in [3.63, 3.8) is 0 Å². The third-order valence-corrected chi connectivity index (χ3v) is 3.45. The molecular formula is C18H20N2O2. The molecule has 2 aromatic rings. The number of carbonyl (C=O) groups is 1. The number of hydrogen-bond donors (Lipinski definition) is 1. The molecule has 0 radical (unpaired) electrons. The van der Waals surface area contributed by atoms with Gasteiger partial charge in [0.05, 0.1) is 12.8 Å². The number of methoxy groups -OCH3 is 1. The van der Waals surface area contributed by atoms with Crippen LogP contribution in [-0.4, -0.2) is 18.7 Å². The van der Waals surface area contributed by atoms with Crippen molar-refractivity contribution in [2.24, 2.45) is 5.10 Å². The molecule has 0 aliphatic rings. The molecule has 0 aliphatic carbocycles. The van der Waals surface area contributed by atoms with Crippen LogP contribution < -0.4 is 10.2 Å². The van der Waals surface area contributed by atoms with Crippen LogP contribution in [0, 0.1) is 0 Å². The second-order valence-corrected chi connectivity index (χ2v) is 4.89. The number of amides is 1. The first-order chi connectivity index (χ1) is 10.7. The van der Waals surface area contributed by atoms with E-state index in [1.807, 2.05) is 55.5 Å². The van der Waals surface area contributed by atoms with E-state index >= 15 is 0 Å². The van der Waals surface area contributed by atoms with Crippen LogP contribution in [0.2, 0.25) is 0 Å². The zero-order valence-electron chi connectivity index (χ0n) is 13.1. The number of nitrogens with one attached hydrogen (secondary N) is 1. The highest BCUT2D eigenvalue weighted by Gasteiger charge is 2.07. The highest BCUT2D eigenvalue weighted by Crippen LogP contribution is 2.17. The fourth-order valence-corrected chi connectivity index (χ4v) is 2.09. The largest absolute Gasteiger partial charge is 0.496 e. The van der Waals surface area contributed by atoms with Gasteiger partial charge in [0.15, 0.2) is 0 Å². The van der Waals surface area contributed by atoms with Gasteiger partial charge in [-0.3, -0.25) is 4.79 Å². The summed E-state index contributed by atoms with van der Waals surface area (Å²) >= 11 is 0. The number of hydrogen-bond acceptors (Lipinski definition) is 3. The Morgan fingerprint density at radius 2 is 1.82 bits per heavy atom. The number of carbonyl (C=O) groups excluding carboxylic acids is 1. The summed E-state index contributed by atoms with van der Waals surface area (Å²) < 4.78 is 5.29. The molecule has 0 aromatic heterocycles. The number of benzene rings is 2. The van der Waals surface area contributed by atoms with E-state index in [4.69, 9.17) is 4.74 Å². The van der Waals surface area contributed by atoms with Gasteiger partial charge in [-0.1, -0.05) is 31.2 Å². The molecule has 4 heteroatoms. The Kier molecular flexibility index (Phi) is 5.31. The van der Waals surface area contributed by atoms with Crippen LogP contribution in [-0.2, 0) is 6.42 Å². The lowest BCUT2D eigenvalue weighted by Gasteiger charge is -2.08. The van der Waals surface area contributed by atoms with Gasteiger partial charge in [0, 0.05) is 11.1 Å². The van der Waals surface area contributed by atoms with Gasteiger partial charge in [0.1, 0.15) is 5.75 Å². The summed E-state index contributed by atoms with van der Waals surface area (Å²) in [5.41, 5.74) is 5.91. The van der Waals surface area contributed by atoms with Crippen LogP contribution in [0.5, 0.6) is 5.75 Å². The lowest BCUT2D eigenvalue weighted by atomic mass is 10.1. The molecule has 0 spiro atoms. The molecule has 2 rings (SSSR count). The average molecular weight is 296 g/mol. The molecule has 0 saturated heterocycles. The van der Waals surface area contributed by atoms with Gasteiger partial charge in [-0.2, -0.15) is 5.10 Å². The molecule has 22 heavy (non-hydrogen) atoms. The van der Waals surface area contributed by atoms with Crippen LogP contribution >= 0.6 is 0 Å². The van der Waals surface area contributed by atoms with Crippen molar-refractivity contribution in [1.82, 2.24) is 5.43 Å². The lowest BCUT2D eigenvalue weighted by molar-refractivity contribution is 0.0955. The molecular weight excluding hydrogens is 276 g/mol. The van der Waals surface area contributed by atoms with Gasteiger partial charge in [0.25, 0.3) is 5.91 Å². The van der Waals surface area contributed by atoms with Gasteiger partial charge >= 0.3 is 0 Å². The summed E-state index contributed by atoms with van der Waals surface area (Å²) in [6.45, 7) is 3.91. The van der Waals surface area contributed by atoms with E-state index in [9.17, 15) is 4.79 Å². The summed E-state index contributed by atoms with van der Waals surface area (Å²) in [5, 5.41) is 4.16. The van der Waals surface area contributed by atoms with Gasteiger partial charge in [-0.05, 0) is 43.2 Å². The lowest BCUT2D eigenvalue weighted by Crippen LogP contribution is -2.19. The van der Waals surface area contributed by atoms with E-state index in [1.165, 1.54) is 5.56 Å². The summed E-state index contributed by atoms with van der Waals surface area (Å²) in [4.78, 5) is 12.1. The third-order valence-electron chi connectivity index (χ3n) is 3.45. The quantitative estimate of drug-likeness (QED) is 0.679. The zero-order chi connectivity index (χ0) is 15.9. The molecule has 1 N–H and O–H groups in total. The smallest absolute Gasteiger partial charge is 0.271 e. The summed E-state index contributed by atoms with van der Waals surface area (Å²) in [6, 6.07) is 15.1. The van der Waals surface area contributed by atoms with Gasteiger partial charge in [0.2, 0.25) is 0 Å². The molecule has 114 valence electrons. The van der Waals surface area contributed by atoms with Gasteiger partial charge < -0.3 is 4.74 Å². The number of hydrazone groups is 1. The van der Waals surface area contributed by atoms with Crippen molar-refractivity contribution in [2.45, 2.75) is 20.3 Å². The second-order valence-electron chi connectivity index (χ2n) is 4.89. The van der Waals surface area contributed by atoms with Crippen molar-refractivity contribution in [2.75, 3.05) is 7.11 Å². The van der Waals surface area contributed by atoms with Gasteiger partial charge in [-0.25, -0.2) is 5.43 Å². The highest BCUT2D eigenvalue weighted by atomic mass is 16.5. The molecule has 0 heterocycles. The molecule has 0 atom stereocenters. The molecule has 2 aromatic carbocycles. The predicted octanol–water partition coefficient (Wildman–Crippen LogP) is 3.41. The summed E-state index contributed by atoms with van der Waals surface area (Å²) in [6.07, 6.45) is 0.951. The number of ether oxygens (including phenoxy) is 1. The standard InChI is InChI=1S/C18H20N2O2/c1-4-14-9-11-15(12-10-14)18(21)20-19-13(2)16-7-5-6-8-17(16)22-3/h5-12H,4H2,1-3H3,(H,20,21)/b19-13-. The minimum Gasteiger partial charge on any atom is -0.496 e. The number of para-hydroxylation sites is 1. The van der Waals surface area contributed by atoms with Gasteiger partial charge in [-0.15, -0.1) is 0 Å². The second kappa shape index (κ2) is 7.41. The minimum atomic E-state index is -0.225. The number of aryl methyl sites for hydroxylation is 1. The van der Waals surface area contributed by atoms with E-state index in [-0.39, 0.29) is 5.91 Å². The molecule has 0 unspecified atom stereocenters. The zero-order valence-corrected chi connectivity index (χ0v) is 13.1. The monoisotopic (exact) mass is 296 g/mol. The van der Waals surface area contributed by atoms with Crippen molar-refractivity contribution in [3.8, 4) is 5.75 Å². The van der Waals surface area contributed by atoms with Crippen LogP contribution in [0.25, 0.3) is 0 Å². The fourth-order valence-electron chi connectivity index (χ4n) is 2.09. The van der Waals surface area contributed by atoms with E-state index in [0.717, 1.165) is 17.7 Å². The number of nitrogens with zero attached hydrogens (tertiary/aromatic N) is 1. The Morgan fingerprint density at radius 3 is 2.45 bits per heavy atom. The van der Waals surface area contributed by atoms with Crippen LogP contribution in [0.1, 0.15) is 35.3 Å². The first-order valence-electron chi connectivity index (χ1n) is 7.22. The Morgan fingerprint density at radius 1 is 1.14 bits per heavy atom. The number of rotatable bonds is 5. The maximum atomic E-state index is 12.1. The minimum absolute atomic E-state index is 0.225. The molecule has 1 amide bonds. The molecule has 0 fully saturated rings. The Bertz CT molecular complexity index is 676. The maximum Gasteiger partial charge on any atom is 0.271 e. The van der Waals surface area contributed by atoms with E-state index in [0.29, 0.717) is 11.3 Å². The van der Waals surface area contributed by atoms with E-state index < -0.39 is 0 Å². The molecule has 0 saturated carbocycles. The summed E-state index contributed by atoms with van der Waals surface area (Å²) in [5.74, 6) is 0.502. The normalized spacial score (nSPS) is 11.1. The summed E-state index contributed by atoms with van der Waals surface area (Å²) in [7, 11) is 1.61. The Hall–Kier alpha value is -2.62. The first-order valence-corrected chi connectivity index (χ1v) is 7.22. The topological polar surface area (TPSA) is 50.7 Å². The van der Waals surface area contributed by atoms with Crippen molar-refractivity contribution in [1.29, 1.82) is 0 Å². The molecule has 4 nitrogen and oxygen atoms in total. The highest BCUT2D eigenvalue weighted by molar-refractivity contribution is 6.02. The predicted molar refractivity (Wildman–Crippen MR) is 88.5 cm³/mol. The van der Waals surface area contributed by atoms with Crippen molar-refractivity contribution < 1.29 is 9.53 Å². The van der Waals surface area contributed by atoms with Crippen molar-refractivity contribution >= 4 is 11.6 Å². The first kappa shape index (κ1) is 15.8. The Balaban J connectivity index is 2.11. The van der Waals surface area contributed by atoms with Crippen LogP contribution in [0.3, 0.4) is 0 Å². The molecule has 0 bridgehead atoms.